The molecule has 124 valence electrons. The van der Waals surface area contributed by atoms with Crippen LogP contribution in [0.3, 0.4) is 0 Å². The third kappa shape index (κ3) is 4.14. The number of ether oxygens (including phenoxy) is 1. The summed E-state index contributed by atoms with van der Waals surface area (Å²) in [5.74, 6) is -0.188. The molecule has 0 aromatic heterocycles. The van der Waals surface area contributed by atoms with Crippen LogP contribution in [0.5, 0.6) is 0 Å². The van der Waals surface area contributed by atoms with Gasteiger partial charge in [0.25, 0.3) is 5.69 Å². The van der Waals surface area contributed by atoms with E-state index in [-0.39, 0.29) is 24.2 Å². The van der Waals surface area contributed by atoms with E-state index < -0.39 is 4.92 Å². The zero-order chi connectivity index (χ0) is 17.1. The summed E-state index contributed by atoms with van der Waals surface area (Å²) in [6.07, 6.45) is 1.76. The summed E-state index contributed by atoms with van der Waals surface area (Å²) in [6, 6.07) is 12.8. The molecule has 0 amide bonds. The number of carbonyl (C=O) groups excluding carboxylic acids is 1. The Labute approximate surface area is 144 Å². The second kappa shape index (κ2) is 7.05. The molecule has 1 aliphatic rings. The fourth-order valence-electron chi connectivity index (χ4n) is 2.21. The van der Waals surface area contributed by atoms with E-state index in [0.29, 0.717) is 10.5 Å². The first-order chi connectivity index (χ1) is 11.5. The van der Waals surface area contributed by atoms with Gasteiger partial charge in [0.2, 0.25) is 0 Å². The van der Waals surface area contributed by atoms with Crippen molar-refractivity contribution in [1.82, 2.24) is 0 Å². The van der Waals surface area contributed by atoms with Gasteiger partial charge in [-0.1, -0.05) is 35.5 Å². The minimum absolute atomic E-state index is 0.0244. The molecule has 1 fully saturated rings. The largest absolute Gasteiger partial charge is 0.461 e. The molecule has 0 radical (unpaired) electrons. The van der Waals surface area contributed by atoms with E-state index in [9.17, 15) is 14.9 Å². The van der Waals surface area contributed by atoms with Gasteiger partial charge in [-0.05, 0) is 43.5 Å². The van der Waals surface area contributed by atoms with Crippen LogP contribution in [0.15, 0.2) is 52.3 Å². The van der Waals surface area contributed by atoms with Gasteiger partial charge in [-0.25, -0.2) is 0 Å². The van der Waals surface area contributed by atoms with Gasteiger partial charge in [0.15, 0.2) is 0 Å². The van der Waals surface area contributed by atoms with Crippen LogP contribution >= 0.6 is 11.8 Å². The lowest BCUT2D eigenvalue weighted by Gasteiger charge is -2.07. The quantitative estimate of drug-likeness (QED) is 0.438. The van der Waals surface area contributed by atoms with Gasteiger partial charge in [-0.3, -0.25) is 14.9 Å². The Bertz CT molecular complexity index is 769. The highest BCUT2D eigenvalue weighted by Crippen LogP contribution is 2.36. The molecule has 3 rings (SSSR count). The summed E-state index contributed by atoms with van der Waals surface area (Å²) in [5.41, 5.74) is 1.80. The summed E-state index contributed by atoms with van der Waals surface area (Å²) in [5, 5.41) is 11.4. The van der Waals surface area contributed by atoms with Crippen LogP contribution in [0, 0.1) is 23.0 Å². The van der Waals surface area contributed by atoms with Gasteiger partial charge in [-0.15, -0.1) is 0 Å². The van der Waals surface area contributed by atoms with Gasteiger partial charge in [0.1, 0.15) is 6.61 Å². The molecular formula is C18H17NO4S. The van der Waals surface area contributed by atoms with Crippen molar-refractivity contribution >= 4 is 23.4 Å². The Kier molecular flexibility index (Phi) is 4.85. The Morgan fingerprint density at radius 1 is 1.25 bits per heavy atom. The summed E-state index contributed by atoms with van der Waals surface area (Å²) in [6.45, 7) is 2.07. The summed E-state index contributed by atoms with van der Waals surface area (Å²) >= 11 is 1.35. The zero-order valence-corrected chi connectivity index (χ0v) is 14.0. The molecule has 1 saturated carbocycles. The highest BCUT2D eigenvalue weighted by Gasteiger charge is 2.31. The molecule has 0 unspecified atom stereocenters. The number of nitro benzene ring substituents is 1. The van der Waals surface area contributed by atoms with Crippen molar-refractivity contribution in [3.05, 3.63) is 63.7 Å². The molecule has 5 nitrogen and oxygen atoms in total. The monoisotopic (exact) mass is 343 g/mol. The molecule has 2 aromatic rings. The molecule has 0 N–H and O–H groups in total. The molecule has 24 heavy (non-hydrogen) atoms. The SMILES string of the molecule is Cc1ccc(Sc2ccc(COC(=O)C3CC3)cc2[N+](=O)[O-])cc1. The Morgan fingerprint density at radius 2 is 1.96 bits per heavy atom. The molecule has 0 bridgehead atoms. The van der Waals surface area contributed by atoms with Crippen molar-refractivity contribution in [3.63, 3.8) is 0 Å². The van der Waals surface area contributed by atoms with Crippen LogP contribution in [0.2, 0.25) is 0 Å². The van der Waals surface area contributed by atoms with Crippen LogP contribution in [-0.4, -0.2) is 10.9 Å². The summed E-state index contributed by atoms with van der Waals surface area (Å²) < 4.78 is 5.19. The molecule has 2 aromatic carbocycles. The van der Waals surface area contributed by atoms with Gasteiger partial charge >= 0.3 is 5.97 Å². The van der Waals surface area contributed by atoms with Crippen molar-refractivity contribution in [3.8, 4) is 0 Å². The van der Waals surface area contributed by atoms with E-state index in [1.807, 2.05) is 31.2 Å². The first kappa shape index (κ1) is 16.5. The molecule has 6 heteroatoms. The van der Waals surface area contributed by atoms with Gasteiger partial charge in [-0.2, -0.15) is 0 Å². The first-order valence-electron chi connectivity index (χ1n) is 7.71. The average Bonchev–Trinajstić information content (AvgIpc) is 3.40. The van der Waals surface area contributed by atoms with Crippen molar-refractivity contribution in [1.29, 1.82) is 0 Å². The second-order valence-corrected chi connectivity index (χ2v) is 6.97. The Balaban J connectivity index is 1.75. The predicted octanol–water partition coefficient (Wildman–Crippen LogP) is 4.51. The predicted molar refractivity (Wildman–Crippen MR) is 90.9 cm³/mol. The Hall–Kier alpha value is -2.34. The maximum absolute atomic E-state index is 11.6. The third-order valence-corrected chi connectivity index (χ3v) is 4.83. The lowest BCUT2D eigenvalue weighted by molar-refractivity contribution is -0.387. The van der Waals surface area contributed by atoms with Crippen LogP contribution in [-0.2, 0) is 16.1 Å². The standard InChI is InChI=1S/C18H17NO4S/c1-12-2-7-15(8-3-12)24-17-9-4-13(10-16(17)19(21)22)11-23-18(20)14-5-6-14/h2-4,7-10,14H,5-6,11H2,1H3. The van der Waals surface area contributed by atoms with E-state index in [0.717, 1.165) is 23.3 Å². The molecule has 0 saturated heterocycles. The lowest BCUT2D eigenvalue weighted by atomic mass is 10.2. The van der Waals surface area contributed by atoms with Crippen LogP contribution in [0.25, 0.3) is 0 Å². The number of benzene rings is 2. The normalized spacial score (nSPS) is 13.5. The maximum Gasteiger partial charge on any atom is 0.309 e. The van der Waals surface area contributed by atoms with E-state index in [2.05, 4.69) is 0 Å². The first-order valence-corrected chi connectivity index (χ1v) is 8.53. The lowest BCUT2D eigenvalue weighted by Crippen LogP contribution is -2.06. The maximum atomic E-state index is 11.6. The highest BCUT2D eigenvalue weighted by molar-refractivity contribution is 7.99. The zero-order valence-electron chi connectivity index (χ0n) is 13.2. The van der Waals surface area contributed by atoms with Gasteiger partial charge in [0, 0.05) is 11.0 Å². The summed E-state index contributed by atoms with van der Waals surface area (Å²) in [7, 11) is 0. The molecule has 0 heterocycles. The van der Waals surface area contributed by atoms with Gasteiger partial charge in [0.05, 0.1) is 15.7 Å². The molecule has 1 aliphatic carbocycles. The number of rotatable bonds is 6. The fourth-order valence-corrected chi connectivity index (χ4v) is 3.11. The number of aryl methyl sites for hydroxylation is 1. The fraction of sp³-hybridized carbons (Fsp3) is 0.278. The van der Waals surface area contributed by atoms with Crippen LogP contribution < -0.4 is 0 Å². The minimum Gasteiger partial charge on any atom is -0.461 e. The number of esters is 1. The van der Waals surface area contributed by atoms with Crippen molar-refractivity contribution < 1.29 is 14.5 Å². The molecular weight excluding hydrogens is 326 g/mol. The number of hydrogen-bond acceptors (Lipinski definition) is 5. The topological polar surface area (TPSA) is 69.4 Å². The van der Waals surface area contributed by atoms with Crippen LogP contribution in [0.4, 0.5) is 5.69 Å². The van der Waals surface area contributed by atoms with Crippen molar-refractivity contribution in [2.45, 2.75) is 36.2 Å². The molecule has 0 atom stereocenters. The molecule has 0 aliphatic heterocycles. The van der Waals surface area contributed by atoms with E-state index in [4.69, 9.17) is 4.74 Å². The number of hydrogen-bond donors (Lipinski definition) is 0. The van der Waals surface area contributed by atoms with Crippen molar-refractivity contribution in [2.75, 3.05) is 0 Å². The smallest absolute Gasteiger partial charge is 0.309 e. The van der Waals surface area contributed by atoms with Gasteiger partial charge < -0.3 is 4.74 Å². The molecule has 0 spiro atoms. The third-order valence-electron chi connectivity index (χ3n) is 3.76. The van der Waals surface area contributed by atoms with E-state index in [1.54, 1.807) is 12.1 Å². The number of carbonyl (C=O) groups is 1. The minimum atomic E-state index is -0.400. The number of nitrogens with zero attached hydrogens (tertiary/aromatic N) is 1. The van der Waals surface area contributed by atoms with Crippen molar-refractivity contribution in [2.24, 2.45) is 5.92 Å². The Morgan fingerprint density at radius 3 is 2.58 bits per heavy atom. The highest BCUT2D eigenvalue weighted by atomic mass is 32.2. The van der Waals surface area contributed by atoms with E-state index in [1.165, 1.54) is 17.8 Å². The number of nitro groups is 1. The average molecular weight is 343 g/mol. The second-order valence-electron chi connectivity index (χ2n) is 5.86. The van der Waals surface area contributed by atoms with E-state index >= 15 is 0 Å². The summed E-state index contributed by atoms with van der Waals surface area (Å²) in [4.78, 5) is 24.0. The van der Waals surface area contributed by atoms with Crippen LogP contribution in [0.1, 0.15) is 24.0 Å².